The minimum atomic E-state index is -0.389. The van der Waals surface area contributed by atoms with E-state index in [1.165, 1.54) is 25.4 Å². The first-order chi connectivity index (χ1) is 14.6. The molecule has 0 spiro atoms. The summed E-state index contributed by atoms with van der Waals surface area (Å²) in [5.74, 6) is -1.05. The molecule has 31 heavy (non-hydrogen) atoms. The van der Waals surface area contributed by atoms with E-state index in [9.17, 15) is 14.0 Å². The number of methoxy groups -OCH3 is 1. The molecule has 162 valence electrons. The van der Waals surface area contributed by atoms with Crippen LogP contribution in [-0.2, 0) is 21.5 Å². The zero-order chi connectivity index (χ0) is 22.8. The molecule has 1 N–H and O–H groups in total. The van der Waals surface area contributed by atoms with Crippen LogP contribution in [0.1, 0.15) is 42.3 Å². The van der Waals surface area contributed by atoms with Crippen LogP contribution in [0.3, 0.4) is 0 Å². The normalized spacial score (nSPS) is 11.3. The molecule has 0 aliphatic rings. The number of esters is 1. The maximum Gasteiger partial charge on any atom is 0.309 e. The molecule has 0 bridgehead atoms. The minimum Gasteiger partial charge on any atom is -0.469 e. The van der Waals surface area contributed by atoms with Crippen LogP contribution in [0.4, 0.5) is 10.1 Å². The molecule has 1 amide bonds. The van der Waals surface area contributed by atoms with Gasteiger partial charge in [0.25, 0.3) is 5.91 Å². The Morgan fingerprint density at radius 3 is 2.42 bits per heavy atom. The molecule has 3 rings (SSSR count). The quantitative estimate of drug-likeness (QED) is 0.603. The average molecular weight is 423 g/mol. The zero-order valence-corrected chi connectivity index (χ0v) is 18.3. The number of ether oxygens (including phenoxy) is 1. The third kappa shape index (κ3) is 4.99. The lowest BCUT2D eigenvalue weighted by Gasteiger charge is -2.23. The number of hydrogen-bond donors (Lipinski definition) is 1. The van der Waals surface area contributed by atoms with E-state index in [2.05, 4.69) is 10.4 Å². The fourth-order valence-corrected chi connectivity index (χ4v) is 3.27. The van der Waals surface area contributed by atoms with Crippen molar-refractivity contribution in [3.05, 3.63) is 71.2 Å². The molecule has 0 fully saturated rings. The Bertz CT molecular complexity index is 1110. The number of rotatable bonds is 5. The van der Waals surface area contributed by atoms with Crippen molar-refractivity contribution in [2.75, 3.05) is 12.4 Å². The second-order valence-corrected chi connectivity index (χ2v) is 8.34. The van der Waals surface area contributed by atoms with Crippen LogP contribution in [0.5, 0.6) is 0 Å². The monoisotopic (exact) mass is 423 g/mol. The Balaban J connectivity index is 1.97. The summed E-state index contributed by atoms with van der Waals surface area (Å²) in [6, 6.07) is 11.4. The van der Waals surface area contributed by atoms with Gasteiger partial charge in [-0.3, -0.25) is 14.3 Å². The van der Waals surface area contributed by atoms with Gasteiger partial charge in [0, 0.05) is 11.3 Å². The van der Waals surface area contributed by atoms with Gasteiger partial charge in [-0.1, -0.05) is 6.07 Å². The van der Waals surface area contributed by atoms with Gasteiger partial charge in [0.05, 0.1) is 36.5 Å². The van der Waals surface area contributed by atoms with E-state index in [1.54, 1.807) is 28.9 Å². The summed E-state index contributed by atoms with van der Waals surface area (Å²) in [4.78, 5) is 24.8. The number of aryl methyl sites for hydroxylation is 1. The summed E-state index contributed by atoms with van der Waals surface area (Å²) in [6.45, 7) is 7.83. The van der Waals surface area contributed by atoms with E-state index in [0.29, 0.717) is 22.5 Å². The van der Waals surface area contributed by atoms with Crippen molar-refractivity contribution in [2.45, 2.75) is 39.7 Å². The molecule has 0 radical (unpaired) electrons. The maximum absolute atomic E-state index is 13.5. The molecular weight excluding hydrogens is 397 g/mol. The molecule has 0 unspecified atom stereocenters. The zero-order valence-electron chi connectivity index (χ0n) is 18.3. The Morgan fingerprint density at radius 2 is 1.81 bits per heavy atom. The second-order valence-electron chi connectivity index (χ2n) is 8.34. The summed E-state index contributed by atoms with van der Waals surface area (Å²) in [5, 5.41) is 7.32. The maximum atomic E-state index is 13.5. The Morgan fingerprint density at radius 1 is 1.13 bits per heavy atom. The van der Waals surface area contributed by atoms with E-state index in [1.807, 2.05) is 33.8 Å². The topological polar surface area (TPSA) is 73.2 Å². The fraction of sp³-hybridized carbons (Fsp3) is 0.292. The molecule has 1 aromatic heterocycles. The number of carbonyl (C=O) groups is 2. The lowest BCUT2D eigenvalue weighted by molar-refractivity contribution is -0.139. The van der Waals surface area contributed by atoms with Crippen molar-refractivity contribution in [3.63, 3.8) is 0 Å². The summed E-state index contributed by atoms with van der Waals surface area (Å²) in [7, 11) is 1.34. The van der Waals surface area contributed by atoms with Gasteiger partial charge in [-0.15, -0.1) is 0 Å². The fourth-order valence-electron chi connectivity index (χ4n) is 3.27. The standard InChI is InChI=1S/C24H26FN3O3/c1-15-6-11-19(12-17(15)13-21(29)31-5)27-23(30)20-14-26-28(24(2,3)4)22(20)16-7-9-18(25)10-8-16/h6-12,14H,13H2,1-5H3,(H,27,30). The number of anilines is 1. The first-order valence-electron chi connectivity index (χ1n) is 9.92. The SMILES string of the molecule is COC(=O)Cc1cc(NC(=O)c2cnn(C(C)(C)C)c2-c2ccc(F)cc2)ccc1C. The number of hydrogen-bond acceptors (Lipinski definition) is 4. The molecule has 3 aromatic rings. The highest BCUT2D eigenvalue weighted by atomic mass is 19.1. The molecule has 1 heterocycles. The van der Waals surface area contributed by atoms with Crippen LogP contribution in [0.25, 0.3) is 11.3 Å². The van der Waals surface area contributed by atoms with Gasteiger partial charge in [0.1, 0.15) is 5.82 Å². The van der Waals surface area contributed by atoms with Crippen molar-refractivity contribution in [2.24, 2.45) is 0 Å². The smallest absolute Gasteiger partial charge is 0.309 e. The number of amides is 1. The summed E-state index contributed by atoms with van der Waals surface area (Å²) in [5.41, 5.74) is 3.53. The van der Waals surface area contributed by atoms with Crippen molar-refractivity contribution in [1.82, 2.24) is 9.78 Å². The van der Waals surface area contributed by atoms with E-state index >= 15 is 0 Å². The van der Waals surface area contributed by atoms with Crippen molar-refractivity contribution >= 4 is 17.6 Å². The van der Waals surface area contributed by atoms with Crippen LogP contribution < -0.4 is 5.32 Å². The molecular formula is C24H26FN3O3. The predicted octanol–water partition coefficient (Wildman–Crippen LogP) is 4.72. The van der Waals surface area contributed by atoms with Crippen molar-refractivity contribution in [1.29, 1.82) is 0 Å². The molecule has 6 nitrogen and oxygen atoms in total. The third-order valence-corrected chi connectivity index (χ3v) is 4.94. The van der Waals surface area contributed by atoms with E-state index < -0.39 is 0 Å². The van der Waals surface area contributed by atoms with Gasteiger partial charge < -0.3 is 10.1 Å². The highest BCUT2D eigenvalue weighted by molar-refractivity contribution is 6.08. The number of nitrogens with zero attached hydrogens (tertiary/aromatic N) is 2. The molecule has 0 aliphatic carbocycles. The van der Waals surface area contributed by atoms with Gasteiger partial charge in [-0.2, -0.15) is 5.10 Å². The number of nitrogens with one attached hydrogen (secondary N) is 1. The Kier molecular flexibility index (Phi) is 6.24. The van der Waals surface area contributed by atoms with Gasteiger partial charge in [-0.05, 0) is 75.2 Å². The van der Waals surface area contributed by atoms with Crippen LogP contribution in [0.15, 0.2) is 48.7 Å². The van der Waals surface area contributed by atoms with Crippen molar-refractivity contribution in [3.8, 4) is 11.3 Å². The second kappa shape index (κ2) is 8.71. The molecule has 0 atom stereocenters. The number of halogens is 1. The van der Waals surface area contributed by atoms with Crippen molar-refractivity contribution < 1.29 is 18.7 Å². The lowest BCUT2D eigenvalue weighted by Crippen LogP contribution is -2.24. The number of benzene rings is 2. The van der Waals surface area contributed by atoms with Gasteiger partial charge in [0.2, 0.25) is 0 Å². The van der Waals surface area contributed by atoms with E-state index in [4.69, 9.17) is 4.74 Å². The lowest BCUT2D eigenvalue weighted by atomic mass is 10.0. The minimum absolute atomic E-state index is 0.120. The summed E-state index contributed by atoms with van der Waals surface area (Å²) in [6.07, 6.45) is 1.64. The van der Waals surface area contributed by atoms with Crippen LogP contribution in [-0.4, -0.2) is 28.8 Å². The molecule has 2 aromatic carbocycles. The molecule has 7 heteroatoms. The Hall–Kier alpha value is -3.48. The van der Waals surface area contributed by atoms with Crippen LogP contribution >= 0.6 is 0 Å². The molecule has 0 aliphatic heterocycles. The van der Waals surface area contributed by atoms with Crippen LogP contribution in [0.2, 0.25) is 0 Å². The van der Waals surface area contributed by atoms with E-state index in [0.717, 1.165) is 11.1 Å². The number of aromatic nitrogens is 2. The highest BCUT2D eigenvalue weighted by Gasteiger charge is 2.25. The largest absolute Gasteiger partial charge is 0.469 e. The van der Waals surface area contributed by atoms with Gasteiger partial charge in [-0.25, -0.2) is 4.39 Å². The third-order valence-electron chi connectivity index (χ3n) is 4.94. The average Bonchev–Trinajstić information content (AvgIpc) is 3.17. The summed E-state index contributed by atoms with van der Waals surface area (Å²) >= 11 is 0. The first kappa shape index (κ1) is 22.2. The van der Waals surface area contributed by atoms with Crippen LogP contribution in [0, 0.1) is 12.7 Å². The molecule has 0 saturated heterocycles. The predicted molar refractivity (Wildman–Crippen MR) is 117 cm³/mol. The highest BCUT2D eigenvalue weighted by Crippen LogP contribution is 2.30. The van der Waals surface area contributed by atoms with Gasteiger partial charge >= 0.3 is 5.97 Å². The Labute approximate surface area is 181 Å². The van der Waals surface area contributed by atoms with E-state index in [-0.39, 0.29) is 29.7 Å². The summed E-state index contributed by atoms with van der Waals surface area (Å²) < 4.78 is 20.0. The van der Waals surface area contributed by atoms with Gasteiger partial charge in [0.15, 0.2) is 0 Å². The number of carbonyl (C=O) groups excluding carboxylic acids is 2. The first-order valence-corrected chi connectivity index (χ1v) is 9.92. The molecule has 0 saturated carbocycles.